The molecule has 0 aliphatic carbocycles. The van der Waals surface area contributed by atoms with Crippen molar-refractivity contribution in [2.45, 2.75) is 17.6 Å². The molecule has 1 atom stereocenters. The lowest BCUT2D eigenvalue weighted by Gasteiger charge is -2.16. The molecule has 136 valence electrons. The number of ether oxygens (including phenoxy) is 2. The lowest BCUT2D eigenvalue weighted by molar-refractivity contribution is -0.156. The molecule has 7 nitrogen and oxygen atoms in total. The van der Waals surface area contributed by atoms with Crippen LogP contribution in [-0.2, 0) is 14.3 Å². The molecule has 0 aromatic heterocycles. The number of benzene rings is 1. The Morgan fingerprint density at radius 2 is 1.92 bits per heavy atom. The van der Waals surface area contributed by atoms with Crippen molar-refractivity contribution in [1.29, 1.82) is 0 Å². The van der Waals surface area contributed by atoms with Gasteiger partial charge in [-0.3, -0.25) is 10.1 Å². The first-order valence-electron chi connectivity index (χ1n) is 7.68. The third-order valence-electron chi connectivity index (χ3n) is 3.28. The first-order valence-corrected chi connectivity index (χ1v) is 9.78. The molecule has 3 amide bonds. The van der Waals surface area contributed by atoms with Crippen molar-refractivity contribution in [3.8, 4) is 5.75 Å². The summed E-state index contributed by atoms with van der Waals surface area (Å²) in [6.45, 7) is 1.08. The van der Waals surface area contributed by atoms with Crippen LogP contribution in [0.5, 0.6) is 5.75 Å². The average Bonchev–Trinajstić information content (AvgIpc) is 3.14. The van der Waals surface area contributed by atoms with E-state index in [1.165, 1.54) is 14.0 Å². The maximum absolute atomic E-state index is 11.9. The molecule has 0 unspecified atom stereocenters. The Hall–Kier alpha value is -1.87. The first kappa shape index (κ1) is 19.5. The standard InChI is InChI=1S/C16H20N2O5S2/c1-10(14(20)18-16(21)17-2)23-13(19)9-22-12-6-4-3-5-11(12)15-24-7-8-25-15/h3-6,10,15H,7-9H2,1-2H3,(H2,17,18,20,21)/t10-/m1/s1. The fourth-order valence-corrected chi connectivity index (χ4v) is 4.95. The van der Waals surface area contributed by atoms with Crippen LogP contribution < -0.4 is 15.4 Å². The molecule has 2 rings (SSSR count). The summed E-state index contributed by atoms with van der Waals surface area (Å²) in [6, 6.07) is 6.91. The molecular weight excluding hydrogens is 364 g/mol. The Bertz CT molecular complexity index is 635. The van der Waals surface area contributed by atoms with Gasteiger partial charge in [0.1, 0.15) is 5.75 Å². The predicted octanol–water partition coefficient (Wildman–Crippen LogP) is 1.93. The van der Waals surface area contributed by atoms with E-state index < -0.39 is 24.0 Å². The normalized spacial score (nSPS) is 15.3. The average molecular weight is 384 g/mol. The van der Waals surface area contributed by atoms with Crippen LogP contribution >= 0.6 is 23.5 Å². The van der Waals surface area contributed by atoms with Gasteiger partial charge in [-0.15, -0.1) is 23.5 Å². The van der Waals surface area contributed by atoms with Crippen LogP contribution in [0.4, 0.5) is 4.79 Å². The number of imide groups is 1. The van der Waals surface area contributed by atoms with E-state index in [4.69, 9.17) is 9.47 Å². The molecular formula is C16H20N2O5S2. The number of rotatable bonds is 6. The summed E-state index contributed by atoms with van der Waals surface area (Å²) in [6.07, 6.45) is -1.09. The Morgan fingerprint density at radius 1 is 1.24 bits per heavy atom. The monoisotopic (exact) mass is 384 g/mol. The second-order valence-corrected chi connectivity index (χ2v) is 7.82. The number of nitrogens with one attached hydrogen (secondary N) is 2. The van der Waals surface area contributed by atoms with Crippen LogP contribution in [0, 0.1) is 0 Å². The number of hydrogen-bond acceptors (Lipinski definition) is 7. The molecule has 0 radical (unpaired) electrons. The van der Waals surface area contributed by atoms with Gasteiger partial charge in [-0.2, -0.15) is 0 Å². The van der Waals surface area contributed by atoms with Gasteiger partial charge < -0.3 is 14.8 Å². The number of amides is 3. The molecule has 0 bridgehead atoms. The zero-order valence-corrected chi connectivity index (χ0v) is 15.6. The number of para-hydroxylation sites is 1. The minimum atomic E-state index is -1.09. The van der Waals surface area contributed by atoms with E-state index in [0.717, 1.165) is 17.1 Å². The largest absolute Gasteiger partial charge is 0.482 e. The van der Waals surface area contributed by atoms with Crippen molar-refractivity contribution in [3.63, 3.8) is 0 Å². The van der Waals surface area contributed by atoms with Crippen molar-refractivity contribution >= 4 is 41.4 Å². The highest BCUT2D eigenvalue weighted by Crippen LogP contribution is 2.48. The van der Waals surface area contributed by atoms with Crippen LogP contribution in [-0.4, -0.2) is 49.2 Å². The summed E-state index contributed by atoms with van der Waals surface area (Å²) in [4.78, 5) is 34.6. The summed E-state index contributed by atoms with van der Waals surface area (Å²) in [7, 11) is 1.38. The van der Waals surface area contributed by atoms with Gasteiger partial charge in [0.25, 0.3) is 5.91 Å². The summed E-state index contributed by atoms with van der Waals surface area (Å²) in [5.41, 5.74) is 1.04. The third-order valence-corrected chi connectivity index (χ3v) is 6.35. The van der Waals surface area contributed by atoms with Gasteiger partial charge in [0.15, 0.2) is 12.7 Å². The first-order chi connectivity index (χ1) is 12.0. The van der Waals surface area contributed by atoms with Crippen LogP contribution in [0.1, 0.15) is 17.1 Å². The van der Waals surface area contributed by atoms with Gasteiger partial charge in [0.05, 0.1) is 4.58 Å². The summed E-state index contributed by atoms with van der Waals surface area (Å²) in [5, 5.41) is 4.29. The lowest BCUT2D eigenvalue weighted by Crippen LogP contribution is -2.43. The van der Waals surface area contributed by atoms with E-state index in [1.807, 2.05) is 53.1 Å². The van der Waals surface area contributed by atoms with Crippen molar-refractivity contribution in [3.05, 3.63) is 29.8 Å². The van der Waals surface area contributed by atoms with Gasteiger partial charge in [-0.1, -0.05) is 18.2 Å². The fourth-order valence-electron chi connectivity index (χ4n) is 2.04. The second kappa shape index (κ2) is 9.57. The number of esters is 1. The highest BCUT2D eigenvalue weighted by molar-refractivity contribution is 8.19. The van der Waals surface area contributed by atoms with Crippen LogP contribution in [0.25, 0.3) is 0 Å². The molecule has 1 saturated heterocycles. The Morgan fingerprint density at radius 3 is 2.60 bits per heavy atom. The zero-order chi connectivity index (χ0) is 18.2. The maximum Gasteiger partial charge on any atom is 0.344 e. The van der Waals surface area contributed by atoms with Crippen molar-refractivity contribution in [2.75, 3.05) is 25.2 Å². The van der Waals surface area contributed by atoms with Crippen LogP contribution in [0.15, 0.2) is 24.3 Å². The smallest absolute Gasteiger partial charge is 0.344 e. The number of urea groups is 1. The summed E-state index contributed by atoms with van der Waals surface area (Å²) >= 11 is 3.68. The van der Waals surface area contributed by atoms with Gasteiger partial charge in [-0.05, 0) is 13.0 Å². The molecule has 2 N–H and O–H groups in total. The van der Waals surface area contributed by atoms with Crippen LogP contribution in [0.2, 0.25) is 0 Å². The molecule has 25 heavy (non-hydrogen) atoms. The SMILES string of the molecule is CNC(=O)NC(=O)[C@@H](C)OC(=O)COc1ccccc1C1SCCS1. The molecule has 1 fully saturated rings. The molecule has 0 spiro atoms. The van der Waals surface area contributed by atoms with Crippen LogP contribution in [0.3, 0.4) is 0 Å². The number of thioether (sulfide) groups is 2. The Labute approximate surface area is 154 Å². The topological polar surface area (TPSA) is 93.7 Å². The predicted molar refractivity (Wildman–Crippen MR) is 97.7 cm³/mol. The minimum Gasteiger partial charge on any atom is -0.482 e. The molecule has 1 aliphatic rings. The summed E-state index contributed by atoms with van der Waals surface area (Å²) < 4.78 is 10.9. The Balaban J connectivity index is 1.86. The molecule has 1 aliphatic heterocycles. The van der Waals surface area contributed by atoms with E-state index in [0.29, 0.717) is 10.3 Å². The number of hydrogen-bond donors (Lipinski definition) is 2. The fraction of sp³-hybridized carbons (Fsp3) is 0.438. The quantitative estimate of drug-likeness (QED) is 0.724. The summed E-state index contributed by atoms with van der Waals surface area (Å²) in [5.74, 6) is 1.43. The lowest BCUT2D eigenvalue weighted by atomic mass is 10.2. The molecule has 1 aromatic carbocycles. The van der Waals surface area contributed by atoms with E-state index in [-0.39, 0.29) is 6.61 Å². The van der Waals surface area contributed by atoms with Crippen molar-refractivity contribution in [2.24, 2.45) is 0 Å². The Kier molecular flexibility index (Phi) is 7.45. The molecule has 9 heteroatoms. The van der Waals surface area contributed by atoms with E-state index in [1.54, 1.807) is 0 Å². The molecule has 1 heterocycles. The van der Waals surface area contributed by atoms with E-state index >= 15 is 0 Å². The minimum absolute atomic E-state index is 0.296. The van der Waals surface area contributed by atoms with Gasteiger partial charge in [-0.25, -0.2) is 9.59 Å². The van der Waals surface area contributed by atoms with E-state index in [2.05, 4.69) is 5.32 Å². The number of carbonyl (C=O) groups excluding carboxylic acids is 3. The molecule has 0 saturated carbocycles. The third kappa shape index (κ3) is 5.86. The number of carbonyl (C=O) groups is 3. The highest BCUT2D eigenvalue weighted by atomic mass is 32.2. The molecule has 1 aromatic rings. The van der Waals surface area contributed by atoms with Crippen molar-refractivity contribution in [1.82, 2.24) is 10.6 Å². The zero-order valence-electron chi connectivity index (χ0n) is 13.9. The van der Waals surface area contributed by atoms with Gasteiger partial charge in [0.2, 0.25) is 0 Å². The van der Waals surface area contributed by atoms with Crippen molar-refractivity contribution < 1.29 is 23.9 Å². The highest BCUT2D eigenvalue weighted by Gasteiger charge is 2.23. The maximum atomic E-state index is 11.9. The van der Waals surface area contributed by atoms with E-state index in [9.17, 15) is 14.4 Å². The second-order valence-electron chi connectivity index (χ2n) is 5.10. The van der Waals surface area contributed by atoms with Gasteiger partial charge >= 0.3 is 12.0 Å². The van der Waals surface area contributed by atoms with Gasteiger partial charge in [0, 0.05) is 24.1 Å².